The Morgan fingerprint density at radius 2 is 1.67 bits per heavy atom. The number of carbonyl (C=O) groups excluding carboxylic acids is 2. The van der Waals surface area contributed by atoms with E-state index < -0.39 is 23.4 Å². The van der Waals surface area contributed by atoms with Gasteiger partial charge in [0.2, 0.25) is 0 Å². The molecule has 0 aromatic heterocycles. The summed E-state index contributed by atoms with van der Waals surface area (Å²) in [5, 5.41) is 2.07. The summed E-state index contributed by atoms with van der Waals surface area (Å²) in [5.74, 6) is 0. The first-order valence-electron chi connectivity index (χ1n) is 7.96. The molecule has 0 radical (unpaired) electrons. The molecule has 0 atom stereocenters. The number of rotatable bonds is 4. The number of hydrogen-bond donors (Lipinski definition) is 2. The SMILES string of the molecule is Cc1cc(N)ccc1CCC(C)(C)OC(=O)NC(=O)OC(C)(C)C. The minimum atomic E-state index is -0.822. The molecule has 0 saturated carbocycles. The number of carbonyl (C=O) groups is 2. The summed E-state index contributed by atoms with van der Waals surface area (Å²) in [6.45, 7) is 10.8. The fourth-order valence-electron chi connectivity index (χ4n) is 2.15. The first-order valence-corrected chi connectivity index (χ1v) is 7.96. The molecule has 24 heavy (non-hydrogen) atoms. The predicted octanol–water partition coefficient (Wildman–Crippen LogP) is 3.95. The Morgan fingerprint density at radius 1 is 1.08 bits per heavy atom. The maximum Gasteiger partial charge on any atom is 0.417 e. The minimum Gasteiger partial charge on any atom is -0.443 e. The predicted molar refractivity (Wildman–Crippen MR) is 93.8 cm³/mol. The van der Waals surface area contributed by atoms with E-state index in [1.807, 2.05) is 25.1 Å². The van der Waals surface area contributed by atoms with Crippen LogP contribution in [0.3, 0.4) is 0 Å². The average Bonchev–Trinajstić information content (AvgIpc) is 2.33. The molecular formula is C18H28N2O4. The van der Waals surface area contributed by atoms with Crippen LogP contribution in [0.5, 0.6) is 0 Å². The molecule has 6 nitrogen and oxygen atoms in total. The third kappa shape index (κ3) is 7.35. The van der Waals surface area contributed by atoms with Gasteiger partial charge in [0.25, 0.3) is 0 Å². The summed E-state index contributed by atoms with van der Waals surface area (Å²) in [4.78, 5) is 23.4. The first-order chi connectivity index (χ1) is 10.9. The van der Waals surface area contributed by atoms with Crippen LogP contribution in [0.15, 0.2) is 18.2 Å². The number of alkyl carbamates (subject to hydrolysis) is 2. The van der Waals surface area contributed by atoms with Crippen molar-refractivity contribution in [3.8, 4) is 0 Å². The smallest absolute Gasteiger partial charge is 0.417 e. The van der Waals surface area contributed by atoms with Gasteiger partial charge in [0.15, 0.2) is 0 Å². The highest BCUT2D eigenvalue weighted by atomic mass is 16.6. The molecule has 0 aliphatic rings. The van der Waals surface area contributed by atoms with E-state index >= 15 is 0 Å². The third-order valence-electron chi connectivity index (χ3n) is 3.34. The Morgan fingerprint density at radius 3 is 2.21 bits per heavy atom. The van der Waals surface area contributed by atoms with Gasteiger partial charge in [-0.05, 0) is 77.6 Å². The second-order valence-corrected chi connectivity index (χ2v) is 7.46. The third-order valence-corrected chi connectivity index (χ3v) is 3.34. The van der Waals surface area contributed by atoms with Gasteiger partial charge in [-0.3, -0.25) is 0 Å². The van der Waals surface area contributed by atoms with E-state index in [1.54, 1.807) is 34.6 Å². The van der Waals surface area contributed by atoms with Gasteiger partial charge < -0.3 is 15.2 Å². The zero-order valence-corrected chi connectivity index (χ0v) is 15.4. The molecule has 2 amide bonds. The summed E-state index contributed by atoms with van der Waals surface area (Å²) in [7, 11) is 0. The number of imide groups is 1. The largest absolute Gasteiger partial charge is 0.443 e. The number of benzene rings is 1. The van der Waals surface area contributed by atoms with Crippen LogP contribution in [0.1, 0.15) is 52.2 Å². The van der Waals surface area contributed by atoms with E-state index in [0.717, 1.165) is 23.2 Å². The van der Waals surface area contributed by atoms with Crippen LogP contribution in [0.4, 0.5) is 15.3 Å². The summed E-state index contributed by atoms with van der Waals surface area (Å²) < 4.78 is 10.3. The maximum atomic E-state index is 11.8. The van der Waals surface area contributed by atoms with Crippen molar-refractivity contribution >= 4 is 17.9 Å². The van der Waals surface area contributed by atoms with Crippen molar-refractivity contribution in [1.29, 1.82) is 0 Å². The van der Waals surface area contributed by atoms with E-state index in [-0.39, 0.29) is 0 Å². The Kier molecular flexibility index (Phi) is 6.23. The van der Waals surface area contributed by atoms with E-state index in [4.69, 9.17) is 15.2 Å². The summed E-state index contributed by atoms with van der Waals surface area (Å²) >= 11 is 0. The van der Waals surface area contributed by atoms with Crippen molar-refractivity contribution in [3.05, 3.63) is 29.3 Å². The molecule has 0 saturated heterocycles. The standard InChI is InChI=1S/C18H28N2O4/c1-12-11-14(19)8-7-13(12)9-10-18(5,6)24-16(22)20-15(21)23-17(2,3)4/h7-8,11H,9-10,19H2,1-6H3,(H,20,21,22). The van der Waals surface area contributed by atoms with Crippen LogP contribution in [0.2, 0.25) is 0 Å². The molecule has 0 spiro atoms. The van der Waals surface area contributed by atoms with Crippen molar-refractivity contribution in [2.45, 2.75) is 65.6 Å². The highest BCUT2D eigenvalue weighted by molar-refractivity contribution is 5.87. The van der Waals surface area contributed by atoms with Gasteiger partial charge in [0.1, 0.15) is 11.2 Å². The number of nitrogens with one attached hydrogen (secondary N) is 1. The van der Waals surface area contributed by atoms with Gasteiger partial charge in [0.05, 0.1) is 0 Å². The topological polar surface area (TPSA) is 90.6 Å². The zero-order valence-electron chi connectivity index (χ0n) is 15.4. The molecule has 1 aromatic carbocycles. The first kappa shape index (κ1) is 19.8. The fraction of sp³-hybridized carbons (Fsp3) is 0.556. The maximum absolute atomic E-state index is 11.8. The molecule has 0 heterocycles. The molecule has 134 valence electrons. The van der Waals surface area contributed by atoms with E-state index in [9.17, 15) is 9.59 Å². The van der Waals surface area contributed by atoms with Gasteiger partial charge in [-0.25, -0.2) is 14.9 Å². The molecule has 0 aliphatic carbocycles. The van der Waals surface area contributed by atoms with Crippen LogP contribution >= 0.6 is 0 Å². The van der Waals surface area contributed by atoms with Gasteiger partial charge in [-0.1, -0.05) is 6.07 Å². The number of nitrogens with two attached hydrogens (primary N) is 1. The van der Waals surface area contributed by atoms with Crippen molar-refractivity contribution in [1.82, 2.24) is 5.32 Å². The molecule has 3 N–H and O–H groups in total. The van der Waals surface area contributed by atoms with Gasteiger partial charge in [-0.15, -0.1) is 0 Å². The highest BCUT2D eigenvalue weighted by Gasteiger charge is 2.25. The number of ether oxygens (including phenoxy) is 2. The second kappa shape index (κ2) is 7.55. The Labute approximate surface area is 143 Å². The van der Waals surface area contributed by atoms with Crippen molar-refractivity contribution in [2.75, 3.05) is 5.73 Å². The quantitative estimate of drug-likeness (QED) is 0.812. The lowest BCUT2D eigenvalue weighted by atomic mass is 9.96. The van der Waals surface area contributed by atoms with Gasteiger partial charge in [-0.2, -0.15) is 0 Å². The second-order valence-electron chi connectivity index (χ2n) is 7.46. The molecule has 0 unspecified atom stereocenters. The van der Waals surface area contributed by atoms with Gasteiger partial charge in [0, 0.05) is 5.69 Å². The molecule has 1 rings (SSSR count). The monoisotopic (exact) mass is 336 g/mol. The number of nitrogen functional groups attached to an aromatic ring is 1. The molecule has 0 bridgehead atoms. The normalized spacial score (nSPS) is 11.8. The van der Waals surface area contributed by atoms with Crippen LogP contribution in [-0.4, -0.2) is 23.4 Å². The van der Waals surface area contributed by atoms with E-state index in [1.165, 1.54) is 0 Å². The van der Waals surface area contributed by atoms with Gasteiger partial charge >= 0.3 is 12.2 Å². The Bertz CT molecular complexity index is 604. The van der Waals surface area contributed by atoms with Crippen LogP contribution in [0.25, 0.3) is 0 Å². The van der Waals surface area contributed by atoms with E-state index in [2.05, 4.69) is 5.32 Å². The van der Waals surface area contributed by atoms with Crippen LogP contribution < -0.4 is 11.1 Å². The lowest BCUT2D eigenvalue weighted by Crippen LogP contribution is -2.40. The van der Waals surface area contributed by atoms with E-state index in [0.29, 0.717) is 6.42 Å². The van der Waals surface area contributed by atoms with Crippen LogP contribution in [0, 0.1) is 6.92 Å². The number of aryl methyl sites for hydroxylation is 2. The van der Waals surface area contributed by atoms with Crippen molar-refractivity contribution in [2.24, 2.45) is 0 Å². The number of hydrogen-bond acceptors (Lipinski definition) is 5. The average molecular weight is 336 g/mol. The molecular weight excluding hydrogens is 308 g/mol. The van der Waals surface area contributed by atoms with Crippen molar-refractivity contribution in [3.63, 3.8) is 0 Å². The summed E-state index contributed by atoms with van der Waals surface area (Å²) in [6.07, 6.45) is -0.292. The molecule has 6 heteroatoms. The summed E-state index contributed by atoms with van der Waals surface area (Å²) in [6, 6.07) is 5.74. The number of amides is 2. The lowest BCUT2D eigenvalue weighted by Gasteiger charge is -2.26. The Hall–Kier alpha value is -2.24. The van der Waals surface area contributed by atoms with Crippen LogP contribution in [-0.2, 0) is 15.9 Å². The lowest BCUT2D eigenvalue weighted by molar-refractivity contribution is 0.0238. The fourth-order valence-corrected chi connectivity index (χ4v) is 2.15. The minimum absolute atomic E-state index is 0.611. The molecule has 0 aliphatic heterocycles. The number of anilines is 1. The molecule has 0 fully saturated rings. The highest BCUT2D eigenvalue weighted by Crippen LogP contribution is 2.21. The molecule has 1 aromatic rings. The zero-order chi connectivity index (χ0) is 18.5. The Balaban J connectivity index is 2.53. The van der Waals surface area contributed by atoms with Crippen molar-refractivity contribution < 1.29 is 19.1 Å². The summed E-state index contributed by atoms with van der Waals surface area (Å²) in [5.41, 5.74) is 7.32.